The van der Waals surface area contributed by atoms with E-state index in [4.69, 9.17) is 9.47 Å². The first-order valence-corrected chi connectivity index (χ1v) is 9.71. The van der Waals surface area contributed by atoms with Crippen LogP contribution in [0.1, 0.15) is 24.1 Å². The molecule has 0 saturated heterocycles. The van der Waals surface area contributed by atoms with Gasteiger partial charge < -0.3 is 14.8 Å². The average molecular weight is 438 g/mol. The van der Waals surface area contributed by atoms with Gasteiger partial charge in [-0.3, -0.25) is 0 Å². The summed E-state index contributed by atoms with van der Waals surface area (Å²) in [7, 11) is 1.62. The molecule has 0 fully saturated rings. The molecule has 4 rings (SSSR count). The Bertz CT molecular complexity index is 1090. The molecule has 1 aromatic heterocycles. The Labute approximate surface area is 187 Å². The molecular weight excluding hydrogens is 414 g/mol. The van der Waals surface area contributed by atoms with Crippen molar-refractivity contribution in [1.82, 2.24) is 25.5 Å². The van der Waals surface area contributed by atoms with E-state index in [0.29, 0.717) is 18.0 Å². The summed E-state index contributed by atoms with van der Waals surface area (Å²) >= 11 is 0. The number of ether oxygens (including phenoxy) is 2. The highest BCUT2D eigenvalue weighted by molar-refractivity contribution is 5.85. The van der Waals surface area contributed by atoms with Crippen LogP contribution >= 0.6 is 12.4 Å². The van der Waals surface area contributed by atoms with Crippen LogP contribution in [-0.2, 0) is 6.54 Å². The number of tetrazole rings is 1. The van der Waals surface area contributed by atoms with Gasteiger partial charge in [0.15, 0.2) is 11.5 Å². The van der Waals surface area contributed by atoms with E-state index in [1.54, 1.807) is 7.11 Å². The Morgan fingerprint density at radius 1 is 0.935 bits per heavy atom. The number of nitrogens with zero attached hydrogens (tertiary/aromatic N) is 4. The number of nitrogens with one attached hydrogen (secondary N) is 1. The normalized spacial score (nSPS) is 11.4. The van der Waals surface area contributed by atoms with Gasteiger partial charge in [-0.1, -0.05) is 59.7 Å². The van der Waals surface area contributed by atoms with Crippen LogP contribution < -0.4 is 14.8 Å². The number of para-hydroxylation sites is 1. The molecule has 7 nitrogen and oxygen atoms in total. The Kier molecular flexibility index (Phi) is 7.59. The Hall–Kier alpha value is -3.42. The van der Waals surface area contributed by atoms with Crippen molar-refractivity contribution in [1.29, 1.82) is 0 Å². The van der Waals surface area contributed by atoms with Gasteiger partial charge in [-0.15, -0.1) is 12.4 Å². The van der Waals surface area contributed by atoms with Crippen molar-refractivity contribution in [2.75, 3.05) is 7.11 Å². The maximum atomic E-state index is 5.96. The third kappa shape index (κ3) is 5.39. The number of aromatic nitrogens is 4. The van der Waals surface area contributed by atoms with Crippen molar-refractivity contribution in [3.63, 3.8) is 0 Å². The van der Waals surface area contributed by atoms with Crippen LogP contribution in [-0.4, -0.2) is 27.3 Å². The lowest BCUT2D eigenvalue weighted by Gasteiger charge is -2.15. The molecule has 8 heteroatoms. The van der Waals surface area contributed by atoms with E-state index in [-0.39, 0.29) is 24.5 Å². The quantitative estimate of drug-likeness (QED) is 0.429. The van der Waals surface area contributed by atoms with Gasteiger partial charge in [0.2, 0.25) is 0 Å². The van der Waals surface area contributed by atoms with Crippen LogP contribution in [0.15, 0.2) is 78.9 Å². The van der Waals surface area contributed by atoms with Crippen LogP contribution in [0.2, 0.25) is 0 Å². The molecule has 1 unspecified atom stereocenters. The minimum absolute atomic E-state index is 0. The summed E-state index contributed by atoms with van der Waals surface area (Å²) < 4.78 is 13.0. The van der Waals surface area contributed by atoms with Gasteiger partial charge in [0.25, 0.3) is 0 Å². The van der Waals surface area contributed by atoms with Gasteiger partial charge >= 0.3 is 6.01 Å². The lowest BCUT2D eigenvalue weighted by molar-refractivity contribution is 0.362. The number of benzene rings is 3. The highest BCUT2D eigenvalue weighted by Crippen LogP contribution is 2.32. The zero-order chi connectivity index (χ0) is 20.8. The number of hydrogen-bond acceptors (Lipinski definition) is 6. The molecule has 0 aliphatic rings. The molecule has 0 bridgehead atoms. The fourth-order valence-electron chi connectivity index (χ4n) is 3.11. The van der Waals surface area contributed by atoms with Crippen molar-refractivity contribution in [2.24, 2.45) is 0 Å². The molecule has 31 heavy (non-hydrogen) atoms. The van der Waals surface area contributed by atoms with E-state index in [0.717, 1.165) is 11.3 Å². The lowest BCUT2D eigenvalue weighted by Crippen LogP contribution is -2.18. The van der Waals surface area contributed by atoms with Gasteiger partial charge in [0.05, 0.1) is 12.8 Å². The first-order valence-electron chi connectivity index (χ1n) is 9.71. The molecule has 0 amide bonds. The molecule has 0 aliphatic heterocycles. The molecule has 1 heterocycles. The molecule has 1 N–H and O–H groups in total. The predicted molar refractivity (Wildman–Crippen MR) is 121 cm³/mol. The molecule has 0 saturated carbocycles. The molecule has 3 aromatic carbocycles. The molecule has 0 radical (unpaired) electrons. The maximum absolute atomic E-state index is 5.96. The minimum atomic E-state index is 0. The van der Waals surface area contributed by atoms with Crippen molar-refractivity contribution >= 4 is 12.4 Å². The van der Waals surface area contributed by atoms with Crippen LogP contribution in [0, 0.1) is 0 Å². The van der Waals surface area contributed by atoms with E-state index in [1.807, 2.05) is 66.7 Å². The molecule has 160 valence electrons. The molecular formula is C23H24ClN5O2. The smallest absolute Gasteiger partial charge is 0.346 e. The molecule has 0 spiro atoms. The zero-order valence-electron chi connectivity index (χ0n) is 17.3. The highest BCUT2D eigenvalue weighted by atomic mass is 35.5. The lowest BCUT2D eigenvalue weighted by atomic mass is 10.1. The summed E-state index contributed by atoms with van der Waals surface area (Å²) in [6.45, 7) is 2.85. The third-order valence-corrected chi connectivity index (χ3v) is 4.78. The summed E-state index contributed by atoms with van der Waals surface area (Å²) in [5, 5.41) is 15.3. The number of halogens is 1. The van der Waals surface area contributed by atoms with E-state index >= 15 is 0 Å². The molecule has 4 aromatic rings. The average Bonchev–Trinajstić information content (AvgIpc) is 3.27. The minimum Gasteiger partial charge on any atom is -0.493 e. The zero-order valence-corrected chi connectivity index (χ0v) is 18.1. The van der Waals surface area contributed by atoms with Crippen LogP contribution in [0.5, 0.6) is 17.5 Å². The number of methoxy groups -OCH3 is 1. The first-order chi connectivity index (χ1) is 14.7. The monoisotopic (exact) mass is 437 g/mol. The van der Waals surface area contributed by atoms with Gasteiger partial charge in [-0.25, -0.2) is 0 Å². The van der Waals surface area contributed by atoms with Gasteiger partial charge in [-0.05, 0) is 52.7 Å². The predicted octanol–water partition coefficient (Wildman–Crippen LogP) is 4.74. The number of hydrogen-bond donors (Lipinski definition) is 1. The second-order valence-electron chi connectivity index (χ2n) is 6.81. The van der Waals surface area contributed by atoms with Crippen molar-refractivity contribution in [3.8, 4) is 23.2 Å². The molecule has 0 aliphatic carbocycles. The first kappa shape index (κ1) is 22.3. The van der Waals surface area contributed by atoms with Crippen LogP contribution in [0.4, 0.5) is 0 Å². The Balaban J connectivity index is 0.00000272. The topological polar surface area (TPSA) is 74.1 Å². The fraction of sp³-hybridized carbons (Fsp3) is 0.174. The summed E-state index contributed by atoms with van der Waals surface area (Å²) in [6, 6.07) is 26.3. The second kappa shape index (κ2) is 10.6. The van der Waals surface area contributed by atoms with E-state index in [2.05, 4.69) is 39.9 Å². The SMILES string of the molecule is COc1cc(CNC(C)c2ccccc2)ccc1Oc1nnnn1-c1ccccc1.Cl. The van der Waals surface area contributed by atoms with Crippen molar-refractivity contribution in [3.05, 3.63) is 90.0 Å². The van der Waals surface area contributed by atoms with Gasteiger partial charge in [0, 0.05) is 12.6 Å². The van der Waals surface area contributed by atoms with Gasteiger partial charge in [-0.2, -0.15) is 4.68 Å². The summed E-state index contributed by atoms with van der Waals surface area (Å²) in [5.41, 5.74) is 3.15. The van der Waals surface area contributed by atoms with Crippen LogP contribution in [0.25, 0.3) is 5.69 Å². The highest BCUT2D eigenvalue weighted by Gasteiger charge is 2.14. The van der Waals surface area contributed by atoms with Gasteiger partial charge in [0.1, 0.15) is 0 Å². The van der Waals surface area contributed by atoms with Crippen molar-refractivity contribution in [2.45, 2.75) is 19.5 Å². The summed E-state index contributed by atoms with van der Waals surface area (Å²) in [6.07, 6.45) is 0. The third-order valence-electron chi connectivity index (χ3n) is 4.78. The fourth-order valence-corrected chi connectivity index (χ4v) is 3.11. The Morgan fingerprint density at radius 3 is 2.35 bits per heavy atom. The molecule has 1 atom stereocenters. The summed E-state index contributed by atoms with van der Waals surface area (Å²) in [5.74, 6) is 1.16. The number of rotatable bonds is 8. The Morgan fingerprint density at radius 2 is 1.65 bits per heavy atom. The van der Waals surface area contributed by atoms with Crippen LogP contribution in [0.3, 0.4) is 0 Å². The van der Waals surface area contributed by atoms with E-state index in [9.17, 15) is 0 Å². The largest absolute Gasteiger partial charge is 0.493 e. The summed E-state index contributed by atoms with van der Waals surface area (Å²) in [4.78, 5) is 0. The maximum Gasteiger partial charge on any atom is 0.346 e. The van der Waals surface area contributed by atoms with E-state index < -0.39 is 0 Å². The standard InChI is InChI=1S/C23H23N5O2.ClH/c1-17(19-9-5-3-6-10-19)24-16-18-13-14-21(22(15-18)29-2)30-23-25-26-27-28(23)20-11-7-4-8-12-20;/h3-15,17,24H,16H2,1-2H3;1H. The van der Waals surface area contributed by atoms with Crippen molar-refractivity contribution < 1.29 is 9.47 Å². The second-order valence-corrected chi connectivity index (χ2v) is 6.81. The van der Waals surface area contributed by atoms with E-state index in [1.165, 1.54) is 10.2 Å².